The molecule has 0 aliphatic heterocycles. The Kier molecular flexibility index (Phi) is 4.57. The minimum Gasteiger partial charge on any atom is -0.465 e. The van der Waals surface area contributed by atoms with Gasteiger partial charge in [0.15, 0.2) is 0 Å². The third-order valence-corrected chi connectivity index (χ3v) is 3.99. The third kappa shape index (κ3) is 3.13. The molecule has 0 aliphatic carbocycles. The van der Waals surface area contributed by atoms with Crippen LogP contribution in [0.5, 0.6) is 11.5 Å². The van der Waals surface area contributed by atoms with Crippen molar-refractivity contribution in [2.24, 2.45) is 0 Å². The summed E-state index contributed by atoms with van der Waals surface area (Å²) in [6.07, 6.45) is 0.586. The van der Waals surface area contributed by atoms with E-state index in [2.05, 4.69) is 0 Å². The number of carbonyl (C=O) groups is 1. The zero-order chi connectivity index (χ0) is 18.0. The highest BCUT2D eigenvalue weighted by Gasteiger charge is 2.18. The van der Waals surface area contributed by atoms with E-state index >= 15 is 0 Å². The second kappa shape index (κ2) is 6.81. The first kappa shape index (κ1) is 16.8. The number of ether oxygens (including phenoxy) is 2. The van der Waals surface area contributed by atoms with Gasteiger partial charge in [-0.15, -0.1) is 0 Å². The lowest BCUT2D eigenvalue weighted by Crippen LogP contribution is -2.11. The van der Waals surface area contributed by atoms with Gasteiger partial charge in [-0.05, 0) is 43.2 Å². The van der Waals surface area contributed by atoms with Crippen LogP contribution in [-0.4, -0.2) is 13.1 Å². The summed E-state index contributed by atoms with van der Waals surface area (Å²) in [7, 11) is 1.32. The van der Waals surface area contributed by atoms with Crippen molar-refractivity contribution >= 4 is 16.9 Å². The molecular weight excluding hydrogens is 320 g/mol. The van der Waals surface area contributed by atoms with Crippen LogP contribution in [0.3, 0.4) is 0 Å². The van der Waals surface area contributed by atoms with Crippen LogP contribution in [0, 0.1) is 6.92 Å². The predicted molar refractivity (Wildman–Crippen MR) is 94.5 cm³/mol. The van der Waals surface area contributed by atoms with Gasteiger partial charge in [0.25, 0.3) is 0 Å². The Morgan fingerprint density at radius 3 is 2.52 bits per heavy atom. The van der Waals surface area contributed by atoms with Gasteiger partial charge in [0.05, 0.1) is 18.1 Å². The van der Waals surface area contributed by atoms with Gasteiger partial charge in [-0.3, -0.25) is 4.79 Å². The average Bonchev–Trinajstić information content (AvgIpc) is 2.64. The van der Waals surface area contributed by atoms with E-state index < -0.39 is 5.97 Å². The molecule has 128 valence electrons. The van der Waals surface area contributed by atoms with E-state index in [4.69, 9.17) is 13.9 Å². The molecule has 5 nitrogen and oxygen atoms in total. The van der Waals surface area contributed by atoms with Crippen molar-refractivity contribution in [1.82, 2.24) is 0 Å². The van der Waals surface area contributed by atoms with Gasteiger partial charge in [-0.1, -0.05) is 25.1 Å². The van der Waals surface area contributed by atoms with Gasteiger partial charge >= 0.3 is 5.97 Å². The predicted octanol–water partition coefficient (Wildman–Crippen LogP) is 4.24. The minimum atomic E-state index is -0.455. The molecule has 0 N–H and O–H groups in total. The second-order valence-corrected chi connectivity index (χ2v) is 5.58. The van der Waals surface area contributed by atoms with E-state index in [0.717, 1.165) is 5.56 Å². The van der Waals surface area contributed by atoms with Gasteiger partial charge in [0.2, 0.25) is 11.2 Å². The Labute approximate surface area is 144 Å². The highest BCUT2D eigenvalue weighted by atomic mass is 16.5. The number of methoxy groups -OCH3 is 1. The highest BCUT2D eigenvalue weighted by molar-refractivity contribution is 5.95. The molecule has 0 saturated carbocycles. The maximum atomic E-state index is 12.9. The van der Waals surface area contributed by atoms with E-state index in [1.54, 1.807) is 31.2 Å². The maximum Gasteiger partial charge on any atom is 0.338 e. The highest BCUT2D eigenvalue weighted by Crippen LogP contribution is 2.27. The second-order valence-electron chi connectivity index (χ2n) is 5.58. The molecule has 0 atom stereocenters. The van der Waals surface area contributed by atoms with Crippen molar-refractivity contribution in [3.8, 4) is 11.5 Å². The topological polar surface area (TPSA) is 65.7 Å². The zero-order valence-corrected chi connectivity index (χ0v) is 14.3. The standard InChI is InChI=1S/C20H18O5/c1-4-13-10-16-17(11-15(13)20(22)23-3)24-12(2)19(18(16)21)25-14-8-6-5-7-9-14/h5-11H,4H2,1-3H3. The number of fused-ring (bicyclic) bond motifs is 1. The lowest BCUT2D eigenvalue weighted by Gasteiger charge is -2.11. The number of hydrogen-bond acceptors (Lipinski definition) is 5. The summed E-state index contributed by atoms with van der Waals surface area (Å²) in [6, 6.07) is 12.3. The third-order valence-electron chi connectivity index (χ3n) is 3.99. The van der Waals surface area contributed by atoms with Crippen LogP contribution < -0.4 is 10.2 Å². The number of hydrogen-bond donors (Lipinski definition) is 0. The fourth-order valence-corrected chi connectivity index (χ4v) is 2.70. The van der Waals surface area contributed by atoms with Gasteiger partial charge in [0.1, 0.15) is 17.1 Å². The van der Waals surface area contributed by atoms with Crippen molar-refractivity contribution in [2.75, 3.05) is 7.11 Å². The minimum absolute atomic E-state index is 0.145. The number of benzene rings is 2. The molecule has 0 spiro atoms. The molecule has 25 heavy (non-hydrogen) atoms. The first-order valence-electron chi connectivity index (χ1n) is 7.96. The van der Waals surface area contributed by atoms with Crippen molar-refractivity contribution in [3.05, 3.63) is 69.6 Å². The molecule has 0 unspecified atom stereocenters. The number of esters is 1. The van der Waals surface area contributed by atoms with Crippen LogP contribution in [0.25, 0.3) is 11.0 Å². The quantitative estimate of drug-likeness (QED) is 0.666. The van der Waals surface area contributed by atoms with Crippen molar-refractivity contribution in [3.63, 3.8) is 0 Å². The van der Waals surface area contributed by atoms with Gasteiger partial charge in [-0.25, -0.2) is 4.79 Å². The summed E-state index contributed by atoms with van der Waals surface area (Å²) in [5, 5.41) is 0.376. The molecule has 0 bridgehead atoms. The fraction of sp³-hybridized carbons (Fsp3) is 0.200. The van der Waals surface area contributed by atoms with Gasteiger partial charge in [-0.2, -0.15) is 0 Å². The van der Waals surface area contributed by atoms with Gasteiger partial charge in [0, 0.05) is 0 Å². The first-order chi connectivity index (χ1) is 12.0. The van der Waals surface area contributed by atoms with Gasteiger partial charge < -0.3 is 13.9 Å². The van der Waals surface area contributed by atoms with Crippen LogP contribution in [0.4, 0.5) is 0 Å². The lowest BCUT2D eigenvalue weighted by atomic mass is 10.0. The zero-order valence-electron chi connectivity index (χ0n) is 14.3. The van der Waals surface area contributed by atoms with E-state index in [-0.39, 0.29) is 11.2 Å². The SMILES string of the molecule is CCc1cc2c(=O)c(Oc3ccccc3)c(C)oc2cc1C(=O)OC. The Bertz CT molecular complexity index is 986. The van der Waals surface area contributed by atoms with E-state index in [9.17, 15) is 9.59 Å². The molecular formula is C20H18O5. The molecule has 3 aromatic rings. The molecule has 0 amide bonds. The number of para-hydroxylation sites is 1. The Morgan fingerprint density at radius 1 is 1.16 bits per heavy atom. The van der Waals surface area contributed by atoms with Crippen molar-refractivity contribution in [1.29, 1.82) is 0 Å². The molecule has 5 heteroatoms. The molecule has 0 fully saturated rings. The largest absolute Gasteiger partial charge is 0.465 e. The summed E-state index contributed by atoms with van der Waals surface area (Å²) >= 11 is 0. The average molecular weight is 338 g/mol. The number of carbonyl (C=O) groups excluding carboxylic acids is 1. The summed E-state index contributed by atoms with van der Waals surface area (Å²) in [5.74, 6) is 0.593. The molecule has 2 aromatic carbocycles. The van der Waals surface area contributed by atoms with Crippen LogP contribution in [-0.2, 0) is 11.2 Å². The number of aryl methyl sites for hydroxylation is 2. The van der Waals surface area contributed by atoms with Crippen LogP contribution >= 0.6 is 0 Å². The molecule has 3 rings (SSSR count). The molecule has 1 aromatic heterocycles. The summed E-state index contributed by atoms with van der Waals surface area (Å²) in [6.45, 7) is 3.56. The lowest BCUT2D eigenvalue weighted by molar-refractivity contribution is 0.0599. The van der Waals surface area contributed by atoms with Crippen LogP contribution in [0.2, 0.25) is 0 Å². The molecule has 0 radical (unpaired) electrons. The Hall–Kier alpha value is -3.08. The summed E-state index contributed by atoms with van der Waals surface area (Å²) in [5.41, 5.74) is 1.19. The van der Waals surface area contributed by atoms with E-state index in [0.29, 0.717) is 34.5 Å². The summed E-state index contributed by atoms with van der Waals surface area (Å²) < 4.78 is 16.3. The number of rotatable bonds is 4. The monoisotopic (exact) mass is 338 g/mol. The van der Waals surface area contributed by atoms with Crippen molar-refractivity contribution in [2.45, 2.75) is 20.3 Å². The van der Waals surface area contributed by atoms with E-state index in [1.807, 2.05) is 25.1 Å². The van der Waals surface area contributed by atoms with Crippen molar-refractivity contribution < 1.29 is 18.7 Å². The first-order valence-corrected chi connectivity index (χ1v) is 7.96. The Morgan fingerprint density at radius 2 is 1.88 bits per heavy atom. The normalized spacial score (nSPS) is 10.7. The maximum absolute atomic E-state index is 12.9. The molecule has 0 saturated heterocycles. The molecule has 0 aliphatic rings. The molecule has 1 heterocycles. The Balaban J connectivity index is 2.19. The fourth-order valence-electron chi connectivity index (χ4n) is 2.70. The summed E-state index contributed by atoms with van der Waals surface area (Å²) in [4.78, 5) is 24.8. The smallest absolute Gasteiger partial charge is 0.338 e. The van der Waals surface area contributed by atoms with Crippen LogP contribution in [0.1, 0.15) is 28.6 Å². The van der Waals surface area contributed by atoms with E-state index in [1.165, 1.54) is 7.11 Å². The van der Waals surface area contributed by atoms with Crippen LogP contribution in [0.15, 0.2) is 51.7 Å².